The number of aliphatic hydroxyl groups excluding tert-OH is 1. The third kappa shape index (κ3) is 3.33. The summed E-state index contributed by atoms with van der Waals surface area (Å²) in [6.07, 6.45) is 3.14. The Morgan fingerprint density at radius 1 is 1.52 bits per heavy atom. The van der Waals surface area contributed by atoms with E-state index in [0.717, 1.165) is 22.9 Å². The first-order chi connectivity index (χ1) is 10.1. The number of amides is 1. The zero-order valence-corrected chi connectivity index (χ0v) is 13.4. The summed E-state index contributed by atoms with van der Waals surface area (Å²) in [6, 6.07) is 1.89. The van der Waals surface area contributed by atoms with E-state index in [1.165, 1.54) is 0 Å². The number of nitrogens with one attached hydrogen (secondary N) is 1. The molecule has 0 radical (unpaired) electrons. The molecule has 1 amide bonds. The Bertz CT molecular complexity index is 605. The molecule has 2 N–H and O–H groups in total. The highest BCUT2D eigenvalue weighted by Crippen LogP contribution is 2.22. The molecular weight excluding hydrogens is 286 g/mol. The molecule has 5 nitrogen and oxygen atoms in total. The van der Waals surface area contributed by atoms with Crippen LogP contribution in [0.1, 0.15) is 41.5 Å². The Hall–Kier alpha value is -1.66. The molecule has 2 heterocycles. The Kier molecular flexibility index (Phi) is 5.14. The van der Waals surface area contributed by atoms with Gasteiger partial charge in [-0.15, -0.1) is 11.3 Å². The van der Waals surface area contributed by atoms with Crippen molar-refractivity contribution in [1.82, 2.24) is 14.9 Å². The van der Waals surface area contributed by atoms with Crippen molar-refractivity contribution in [2.24, 2.45) is 0 Å². The average Bonchev–Trinajstić information content (AvgIpc) is 3.06. The fourth-order valence-corrected chi connectivity index (χ4v) is 3.16. The minimum atomic E-state index is -0.0915. The maximum atomic E-state index is 12.4. The van der Waals surface area contributed by atoms with Gasteiger partial charge >= 0.3 is 0 Å². The molecule has 0 fully saturated rings. The van der Waals surface area contributed by atoms with Crippen molar-refractivity contribution >= 4 is 17.2 Å². The molecule has 0 aromatic carbocycles. The second-order valence-electron chi connectivity index (χ2n) is 5.03. The largest absolute Gasteiger partial charge is 0.396 e. The number of hydrogen-bond donors (Lipinski definition) is 2. The Labute approximate surface area is 128 Å². The number of hydrogen-bond acceptors (Lipinski definition) is 4. The van der Waals surface area contributed by atoms with E-state index in [0.29, 0.717) is 12.0 Å². The fourth-order valence-electron chi connectivity index (χ4n) is 2.41. The number of aliphatic hydroxyl groups is 1. The van der Waals surface area contributed by atoms with Crippen LogP contribution in [-0.4, -0.2) is 33.2 Å². The molecule has 2 aromatic heterocycles. The van der Waals surface area contributed by atoms with E-state index >= 15 is 0 Å². The summed E-state index contributed by atoms with van der Waals surface area (Å²) in [6.45, 7) is 5.98. The monoisotopic (exact) mass is 307 g/mol. The number of carbonyl (C=O) groups excluding carboxylic acids is 1. The third-order valence-electron chi connectivity index (χ3n) is 3.59. The predicted octanol–water partition coefficient (Wildman–Crippen LogP) is 2.44. The Morgan fingerprint density at radius 2 is 2.29 bits per heavy atom. The topological polar surface area (TPSA) is 67.2 Å². The number of aromatic nitrogens is 2. The van der Waals surface area contributed by atoms with Crippen LogP contribution in [-0.2, 0) is 0 Å². The zero-order chi connectivity index (χ0) is 15.4. The lowest BCUT2D eigenvalue weighted by Gasteiger charge is -2.15. The van der Waals surface area contributed by atoms with Crippen molar-refractivity contribution in [3.63, 3.8) is 0 Å². The van der Waals surface area contributed by atoms with Gasteiger partial charge in [0, 0.05) is 35.6 Å². The van der Waals surface area contributed by atoms with Crippen LogP contribution in [0, 0.1) is 13.8 Å². The first-order valence-corrected chi connectivity index (χ1v) is 7.97. The van der Waals surface area contributed by atoms with Crippen LogP contribution in [0.4, 0.5) is 0 Å². The number of carbonyl (C=O) groups is 1. The Balaban J connectivity index is 2.25. The summed E-state index contributed by atoms with van der Waals surface area (Å²) < 4.78 is 1.99. The van der Waals surface area contributed by atoms with Gasteiger partial charge in [0.1, 0.15) is 0 Å². The molecule has 1 unspecified atom stereocenters. The van der Waals surface area contributed by atoms with Crippen molar-refractivity contribution in [3.05, 3.63) is 34.6 Å². The summed E-state index contributed by atoms with van der Waals surface area (Å²) in [5.74, 6) is -0.0915. The second-order valence-corrected chi connectivity index (χ2v) is 5.90. The highest BCUT2D eigenvalue weighted by Gasteiger charge is 2.19. The molecule has 21 heavy (non-hydrogen) atoms. The van der Waals surface area contributed by atoms with Crippen LogP contribution in [0.25, 0.3) is 5.13 Å². The molecule has 0 bridgehead atoms. The zero-order valence-electron chi connectivity index (χ0n) is 12.6. The van der Waals surface area contributed by atoms with Gasteiger partial charge in [0.15, 0.2) is 5.13 Å². The lowest BCUT2D eigenvalue weighted by atomic mass is 10.1. The van der Waals surface area contributed by atoms with Crippen LogP contribution < -0.4 is 5.32 Å². The highest BCUT2D eigenvalue weighted by molar-refractivity contribution is 7.12. The van der Waals surface area contributed by atoms with E-state index < -0.39 is 0 Å². The molecule has 0 saturated heterocycles. The summed E-state index contributed by atoms with van der Waals surface area (Å²) in [5.41, 5.74) is 2.54. The molecule has 6 heteroatoms. The highest BCUT2D eigenvalue weighted by atomic mass is 32.1. The molecule has 0 aliphatic rings. The van der Waals surface area contributed by atoms with Crippen molar-refractivity contribution in [1.29, 1.82) is 0 Å². The molecular formula is C15H21N3O2S. The summed E-state index contributed by atoms with van der Waals surface area (Å²) in [7, 11) is 0. The average molecular weight is 307 g/mol. The fraction of sp³-hybridized carbons (Fsp3) is 0.467. The van der Waals surface area contributed by atoms with E-state index in [-0.39, 0.29) is 18.6 Å². The van der Waals surface area contributed by atoms with E-state index in [1.807, 2.05) is 36.8 Å². The molecule has 114 valence electrons. The number of aryl methyl sites for hydroxylation is 1. The third-order valence-corrected chi connectivity index (χ3v) is 4.35. The molecule has 0 saturated carbocycles. The van der Waals surface area contributed by atoms with Crippen LogP contribution in [0.15, 0.2) is 17.6 Å². The van der Waals surface area contributed by atoms with Crippen LogP contribution in [0.3, 0.4) is 0 Å². The lowest BCUT2D eigenvalue weighted by Crippen LogP contribution is -2.35. The maximum Gasteiger partial charge on any atom is 0.253 e. The predicted molar refractivity (Wildman–Crippen MR) is 84.2 cm³/mol. The Morgan fingerprint density at radius 3 is 2.86 bits per heavy atom. The normalized spacial score (nSPS) is 12.4. The van der Waals surface area contributed by atoms with Gasteiger partial charge in [-0.25, -0.2) is 4.98 Å². The van der Waals surface area contributed by atoms with Gasteiger partial charge in [-0.2, -0.15) is 0 Å². The van der Waals surface area contributed by atoms with Gasteiger partial charge in [0.25, 0.3) is 5.91 Å². The maximum absolute atomic E-state index is 12.4. The van der Waals surface area contributed by atoms with E-state index in [1.54, 1.807) is 17.5 Å². The van der Waals surface area contributed by atoms with E-state index in [2.05, 4.69) is 10.3 Å². The van der Waals surface area contributed by atoms with Gasteiger partial charge < -0.3 is 10.4 Å². The first-order valence-electron chi connectivity index (χ1n) is 7.09. The van der Waals surface area contributed by atoms with Crippen LogP contribution >= 0.6 is 11.3 Å². The minimum absolute atomic E-state index is 0.00502. The molecule has 0 spiro atoms. The lowest BCUT2D eigenvalue weighted by molar-refractivity contribution is 0.0928. The van der Waals surface area contributed by atoms with Crippen LogP contribution in [0.5, 0.6) is 0 Å². The van der Waals surface area contributed by atoms with Crippen molar-refractivity contribution in [2.45, 2.75) is 39.7 Å². The number of nitrogens with zero attached hydrogens (tertiary/aromatic N) is 2. The minimum Gasteiger partial charge on any atom is -0.396 e. The smallest absolute Gasteiger partial charge is 0.253 e. The molecule has 0 aliphatic carbocycles. The second kappa shape index (κ2) is 6.87. The SMILES string of the molecule is CCC(CCO)NC(=O)c1cc(C)n(-c2nccs2)c1C. The van der Waals surface area contributed by atoms with Gasteiger partial charge in [-0.1, -0.05) is 6.92 Å². The van der Waals surface area contributed by atoms with Crippen molar-refractivity contribution in [3.8, 4) is 5.13 Å². The standard InChI is InChI=1S/C15H21N3O2S/c1-4-12(5-7-19)17-14(20)13-9-10(2)18(11(13)3)15-16-6-8-21-15/h6,8-9,12,19H,4-5,7H2,1-3H3,(H,17,20). The summed E-state index contributed by atoms with van der Waals surface area (Å²) in [5, 5.41) is 14.8. The molecule has 0 aliphatic heterocycles. The quantitative estimate of drug-likeness (QED) is 0.861. The van der Waals surface area contributed by atoms with Gasteiger partial charge in [0.05, 0.1) is 5.56 Å². The van der Waals surface area contributed by atoms with Gasteiger partial charge in [-0.05, 0) is 32.8 Å². The van der Waals surface area contributed by atoms with Crippen LogP contribution in [0.2, 0.25) is 0 Å². The number of thiazole rings is 1. The van der Waals surface area contributed by atoms with Crippen molar-refractivity contribution < 1.29 is 9.90 Å². The molecule has 2 rings (SSSR count). The van der Waals surface area contributed by atoms with Gasteiger partial charge in [-0.3, -0.25) is 9.36 Å². The molecule has 2 aromatic rings. The molecule has 1 atom stereocenters. The summed E-state index contributed by atoms with van der Waals surface area (Å²) in [4.78, 5) is 16.7. The van der Waals surface area contributed by atoms with Gasteiger partial charge in [0.2, 0.25) is 0 Å². The first kappa shape index (κ1) is 15.7. The van der Waals surface area contributed by atoms with Crippen molar-refractivity contribution in [2.75, 3.05) is 6.61 Å². The van der Waals surface area contributed by atoms with E-state index in [4.69, 9.17) is 5.11 Å². The number of rotatable bonds is 6. The van der Waals surface area contributed by atoms with E-state index in [9.17, 15) is 4.79 Å². The summed E-state index contributed by atoms with van der Waals surface area (Å²) >= 11 is 1.54.